The second-order valence-corrected chi connectivity index (χ2v) is 5.80. The van der Waals surface area contributed by atoms with Gasteiger partial charge in [0.2, 0.25) is 0 Å². The fourth-order valence-corrected chi connectivity index (χ4v) is 2.32. The van der Waals surface area contributed by atoms with E-state index in [1.54, 1.807) is 31.2 Å². The number of hydrogen-bond donors (Lipinski definition) is 2. The van der Waals surface area contributed by atoms with Crippen LogP contribution in [0, 0.1) is 3.57 Å². The summed E-state index contributed by atoms with van der Waals surface area (Å²) in [4.78, 5) is 35.0. The van der Waals surface area contributed by atoms with E-state index in [2.05, 4.69) is 33.2 Å². The molecule has 2 amide bonds. The Labute approximate surface area is 140 Å². The van der Waals surface area contributed by atoms with Crippen LogP contribution >= 0.6 is 22.6 Å². The summed E-state index contributed by atoms with van der Waals surface area (Å²) < 4.78 is 11.0. The summed E-state index contributed by atoms with van der Waals surface area (Å²) in [7, 11) is 0. The fourth-order valence-electron chi connectivity index (χ4n) is 1.96. The number of rotatable bonds is 5. The van der Waals surface area contributed by atoms with Gasteiger partial charge in [-0.25, -0.2) is 14.4 Å². The summed E-state index contributed by atoms with van der Waals surface area (Å²) in [6.45, 7) is 1.77. The number of hydrogen-bond acceptors (Lipinski definition) is 5. The number of ether oxygens (including phenoxy) is 2. The molecule has 1 aromatic rings. The van der Waals surface area contributed by atoms with E-state index in [-0.39, 0.29) is 13.2 Å². The predicted octanol–water partition coefficient (Wildman–Crippen LogP) is 1.06. The van der Waals surface area contributed by atoms with Crippen LogP contribution in [0.5, 0.6) is 0 Å². The van der Waals surface area contributed by atoms with E-state index in [9.17, 15) is 14.4 Å². The molecule has 1 saturated heterocycles. The van der Waals surface area contributed by atoms with E-state index in [0.29, 0.717) is 5.56 Å². The zero-order chi connectivity index (χ0) is 16.1. The third-order valence-corrected chi connectivity index (χ3v) is 3.74. The van der Waals surface area contributed by atoms with Crippen LogP contribution in [0.2, 0.25) is 0 Å². The number of carbonyl (C=O) groups is 3. The Morgan fingerprint density at radius 3 is 2.50 bits per heavy atom. The number of esters is 2. The van der Waals surface area contributed by atoms with Crippen molar-refractivity contribution < 1.29 is 23.9 Å². The lowest BCUT2D eigenvalue weighted by molar-refractivity contribution is -0.145. The van der Waals surface area contributed by atoms with Crippen LogP contribution in [-0.4, -0.2) is 43.3 Å². The molecule has 0 spiro atoms. The van der Waals surface area contributed by atoms with Crippen molar-refractivity contribution in [2.24, 2.45) is 0 Å². The van der Waals surface area contributed by atoms with Crippen molar-refractivity contribution in [3.63, 3.8) is 0 Å². The first-order valence-electron chi connectivity index (χ1n) is 6.67. The minimum Gasteiger partial charge on any atom is -0.464 e. The molecule has 7 nitrogen and oxygen atoms in total. The number of nitrogens with one attached hydrogen (secondary N) is 2. The van der Waals surface area contributed by atoms with Crippen LogP contribution in [0.1, 0.15) is 17.3 Å². The zero-order valence-corrected chi connectivity index (χ0v) is 14.0. The smallest absolute Gasteiger partial charge is 0.338 e. The molecule has 0 saturated carbocycles. The minimum atomic E-state index is -0.864. The Morgan fingerprint density at radius 1 is 1.18 bits per heavy atom. The maximum atomic E-state index is 11.9. The molecular formula is C14H15IN2O5. The average Bonchev–Trinajstić information content (AvgIpc) is 2.87. The molecule has 0 bridgehead atoms. The second kappa shape index (κ2) is 7.43. The van der Waals surface area contributed by atoms with Gasteiger partial charge in [-0.05, 0) is 53.8 Å². The summed E-state index contributed by atoms with van der Waals surface area (Å²) in [5, 5.41) is 4.97. The van der Waals surface area contributed by atoms with E-state index in [0.717, 1.165) is 3.57 Å². The van der Waals surface area contributed by atoms with Gasteiger partial charge >= 0.3 is 18.0 Å². The minimum absolute atomic E-state index is 0.118. The van der Waals surface area contributed by atoms with Crippen LogP contribution < -0.4 is 10.6 Å². The Bertz CT molecular complexity index is 575. The van der Waals surface area contributed by atoms with Gasteiger partial charge in [-0.2, -0.15) is 0 Å². The molecule has 1 fully saturated rings. The molecule has 0 radical (unpaired) electrons. The molecule has 0 aliphatic carbocycles. The van der Waals surface area contributed by atoms with E-state index in [1.807, 2.05) is 0 Å². The summed E-state index contributed by atoms with van der Waals surface area (Å²) in [5.41, 5.74) is 0.408. The van der Waals surface area contributed by atoms with Gasteiger partial charge in [0.25, 0.3) is 0 Å². The maximum Gasteiger partial charge on any atom is 0.338 e. The predicted molar refractivity (Wildman–Crippen MR) is 85.3 cm³/mol. The van der Waals surface area contributed by atoms with Gasteiger partial charge in [-0.3, -0.25) is 0 Å². The number of benzene rings is 1. The van der Waals surface area contributed by atoms with Crippen molar-refractivity contribution >= 4 is 40.6 Å². The maximum absolute atomic E-state index is 11.9. The molecule has 118 valence electrons. The summed E-state index contributed by atoms with van der Waals surface area (Å²) in [6, 6.07) is 4.87. The molecule has 1 aromatic carbocycles. The first-order valence-corrected chi connectivity index (χ1v) is 7.75. The standard InChI is InChI=1S/C14H15IN2O5/c1-2-21-13(19)11-10(16-14(20)17-11)7-22-12(18)8-3-5-9(15)6-4-8/h3-6,10-11H,2,7H2,1H3,(H2,16,17,20). The SMILES string of the molecule is CCOC(=O)C1NC(=O)NC1COC(=O)c1ccc(I)cc1. The summed E-state index contributed by atoms with van der Waals surface area (Å²) in [5.74, 6) is -1.07. The molecule has 1 heterocycles. The van der Waals surface area contributed by atoms with Gasteiger partial charge in [0, 0.05) is 3.57 Å². The highest BCUT2D eigenvalue weighted by Crippen LogP contribution is 2.10. The van der Waals surface area contributed by atoms with Crippen LogP contribution in [0.3, 0.4) is 0 Å². The highest BCUT2D eigenvalue weighted by atomic mass is 127. The van der Waals surface area contributed by atoms with Crippen molar-refractivity contribution in [2.45, 2.75) is 19.0 Å². The summed E-state index contributed by atoms with van der Waals surface area (Å²) >= 11 is 2.13. The lowest BCUT2D eigenvalue weighted by Crippen LogP contribution is -2.44. The first kappa shape index (κ1) is 16.5. The normalized spacial score (nSPS) is 20.0. The van der Waals surface area contributed by atoms with Crippen molar-refractivity contribution in [1.82, 2.24) is 10.6 Å². The van der Waals surface area contributed by atoms with Crippen LogP contribution in [0.15, 0.2) is 24.3 Å². The molecule has 1 aliphatic heterocycles. The number of carbonyl (C=O) groups excluding carboxylic acids is 3. The van der Waals surface area contributed by atoms with E-state index < -0.39 is 30.1 Å². The molecule has 2 unspecified atom stereocenters. The molecule has 22 heavy (non-hydrogen) atoms. The first-order chi connectivity index (χ1) is 10.5. The quantitative estimate of drug-likeness (QED) is 0.551. The van der Waals surface area contributed by atoms with Crippen molar-refractivity contribution in [3.8, 4) is 0 Å². The highest BCUT2D eigenvalue weighted by molar-refractivity contribution is 14.1. The third kappa shape index (κ3) is 4.09. The van der Waals surface area contributed by atoms with Crippen LogP contribution in [0.25, 0.3) is 0 Å². The van der Waals surface area contributed by atoms with E-state index in [1.165, 1.54) is 0 Å². The number of halogens is 1. The van der Waals surface area contributed by atoms with Gasteiger partial charge in [-0.15, -0.1) is 0 Å². The molecule has 8 heteroatoms. The van der Waals surface area contributed by atoms with Gasteiger partial charge in [0.15, 0.2) is 6.04 Å². The fraction of sp³-hybridized carbons (Fsp3) is 0.357. The average molecular weight is 418 g/mol. The van der Waals surface area contributed by atoms with Gasteiger partial charge in [-0.1, -0.05) is 0 Å². The van der Waals surface area contributed by atoms with Crippen LogP contribution in [0.4, 0.5) is 4.79 Å². The van der Waals surface area contributed by atoms with E-state index >= 15 is 0 Å². The summed E-state index contributed by atoms with van der Waals surface area (Å²) in [6.07, 6.45) is 0. The van der Waals surface area contributed by atoms with E-state index in [4.69, 9.17) is 9.47 Å². The lowest BCUT2D eigenvalue weighted by Gasteiger charge is -2.16. The van der Waals surface area contributed by atoms with Crippen molar-refractivity contribution in [1.29, 1.82) is 0 Å². The highest BCUT2D eigenvalue weighted by Gasteiger charge is 2.38. The lowest BCUT2D eigenvalue weighted by atomic mass is 10.1. The van der Waals surface area contributed by atoms with Gasteiger partial charge < -0.3 is 20.1 Å². The molecule has 2 rings (SSSR count). The Balaban J connectivity index is 1.94. The van der Waals surface area contributed by atoms with Gasteiger partial charge in [0.1, 0.15) is 6.61 Å². The number of amides is 2. The van der Waals surface area contributed by atoms with Gasteiger partial charge in [0.05, 0.1) is 18.2 Å². The molecule has 2 atom stereocenters. The number of urea groups is 1. The largest absolute Gasteiger partial charge is 0.464 e. The topological polar surface area (TPSA) is 93.7 Å². The Hall–Kier alpha value is -1.84. The molecule has 2 N–H and O–H groups in total. The third-order valence-electron chi connectivity index (χ3n) is 3.02. The monoisotopic (exact) mass is 418 g/mol. The molecule has 0 aromatic heterocycles. The molecule has 1 aliphatic rings. The Kier molecular flexibility index (Phi) is 5.58. The van der Waals surface area contributed by atoms with Crippen molar-refractivity contribution in [3.05, 3.63) is 33.4 Å². The Morgan fingerprint density at radius 2 is 1.86 bits per heavy atom. The second-order valence-electron chi connectivity index (χ2n) is 4.56. The van der Waals surface area contributed by atoms with Crippen molar-refractivity contribution in [2.75, 3.05) is 13.2 Å². The van der Waals surface area contributed by atoms with Crippen LogP contribution in [-0.2, 0) is 14.3 Å². The molecular weight excluding hydrogens is 403 g/mol. The zero-order valence-electron chi connectivity index (χ0n) is 11.8.